The lowest BCUT2D eigenvalue weighted by Gasteiger charge is -2.43. The molecule has 0 aliphatic heterocycles. The van der Waals surface area contributed by atoms with Crippen LogP contribution < -0.4 is 0 Å². The van der Waals surface area contributed by atoms with Crippen LogP contribution in [0, 0.1) is 29.1 Å². The van der Waals surface area contributed by atoms with Crippen LogP contribution in [0.25, 0.3) is 0 Å². The Hall–Kier alpha value is -2.45. The summed E-state index contributed by atoms with van der Waals surface area (Å²) >= 11 is 0. The van der Waals surface area contributed by atoms with E-state index in [9.17, 15) is 15.2 Å². The molecule has 0 saturated heterocycles. The third-order valence-electron chi connectivity index (χ3n) is 6.55. The van der Waals surface area contributed by atoms with Crippen molar-refractivity contribution in [1.82, 2.24) is 0 Å². The van der Waals surface area contributed by atoms with Gasteiger partial charge < -0.3 is 9.84 Å². The molecule has 0 aromatic heterocycles. The maximum absolute atomic E-state index is 15.7. The molecule has 1 N–H and O–H groups in total. The number of carbonyl (C=O) groups is 1. The minimum Gasteiger partial charge on any atom is -0.481 e. The Labute approximate surface area is 178 Å². The smallest absolute Gasteiger partial charge is 0.314 e. The molecule has 1 aromatic carbocycles. The summed E-state index contributed by atoms with van der Waals surface area (Å²) in [5, 5.41) is 19.0. The molecular weight excluding hydrogens is 381 g/mol. The van der Waals surface area contributed by atoms with Gasteiger partial charge in [-0.25, -0.2) is 4.39 Å². The molecule has 1 aromatic rings. The third kappa shape index (κ3) is 4.49. The van der Waals surface area contributed by atoms with E-state index in [0.717, 1.165) is 51.7 Å². The fraction of sp³-hybridized carbons (Fsp3) is 0.520. The fourth-order valence-corrected chi connectivity index (χ4v) is 4.83. The average Bonchev–Trinajstić information content (AvgIpc) is 2.77. The number of nitrogens with zero attached hydrogens (tertiary/aromatic N) is 1. The highest BCUT2D eigenvalue weighted by molar-refractivity contribution is 5.75. The highest BCUT2D eigenvalue weighted by Gasteiger charge is 2.47. The molecule has 0 bridgehead atoms. The van der Waals surface area contributed by atoms with Crippen molar-refractivity contribution in [3.8, 4) is 6.07 Å². The number of aliphatic carboxylic acids is 1. The number of rotatable bonds is 8. The lowest BCUT2D eigenvalue weighted by molar-refractivity contribution is -0.138. The lowest BCUT2D eigenvalue weighted by Crippen LogP contribution is -2.40. The second-order valence-corrected chi connectivity index (χ2v) is 8.41. The van der Waals surface area contributed by atoms with E-state index in [2.05, 4.69) is 13.0 Å². The van der Waals surface area contributed by atoms with Gasteiger partial charge >= 0.3 is 5.97 Å². The summed E-state index contributed by atoms with van der Waals surface area (Å²) in [7, 11) is 0. The Balaban J connectivity index is 1.86. The number of unbranched alkanes of at least 4 members (excludes halogenated alkanes) is 1. The van der Waals surface area contributed by atoms with E-state index in [1.807, 2.05) is 6.07 Å². The van der Waals surface area contributed by atoms with Crippen molar-refractivity contribution in [2.45, 2.75) is 50.9 Å². The monoisotopic (exact) mass is 411 g/mol. The van der Waals surface area contributed by atoms with E-state index < -0.39 is 23.1 Å². The van der Waals surface area contributed by atoms with Crippen LogP contribution in [0.15, 0.2) is 48.3 Å². The van der Waals surface area contributed by atoms with Gasteiger partial charge in [0.15, 0.2) is 0 Å². The maximum Gasteiger partial charge on any atom is 0.314 e. The Morgan fingerprint density at radius 3 is 2.67 bits per heavy atom. The molecule has 5 heteroatoms. The zero-order valence-corrected chi connectivity index (χ0v) is 17.5. The van der Waals surface area contributed by atoms with Gasteiger partial charge in [-0.1, -0.05) is 43.7 Å². The van der Waals surface area contributed by atoms with Crippen molar-refractivity contribution in [3.63, 3.8) is 0 Å². The molecule has 0 heterocycles. The van der Waals surface area contributed by atoms with Crippen molar-refractivity contribution in [2.24, 2.45) is 17.8 Å². The van der Waals surface area contributed by atoms with Gasteiger partial charge in [0, 0.05) is 13.2 Å². The second kappa shape index (κ2) is 10.0. The summed E-state index contributed by atoms with van der Waals surface area (Å²) in [6, 6.07) is 9.29. The van der Waals surface area contributed by atoms with Gasteiger partial charge in [-0.15, -0.1) is 0 Å². The van der Waals surface area contributed by atoms with E-state index in [-0.39, 0.29) is 5.92 Å². The molecule has 160 valence electrons. The van der Waals surface area contributed by atoms with E-state index in [1.54, 1.807) is 30.4 Å². The van der Waals surface area contributed by atoms with E-state index >= 15 is 4.39 Å². The Kier molecular flexibility index (Phi) is 7.44. The van der Waals surface area contributed by atoms with Gasteiger partial charge in [-0.05, 0) is 61.6 Å². The van der Waals surface area contributed by atoms with Crippen LogP contribution in [-0.4, -0.2) is 24.3 Å². The quantitative estimate of drug-likeness (QED) is 0.450. The summed E-state index contributed by atoms with van der Waals surface area (Å²) < 4.78 is 21.5. The van der Waals surface area contributed by atoms with E-state index in [4.69, 9.17) is 4.74 Å². The van der Waals surface area contributed by atoms with Crippen LogP contribution in [-0.2, 0) is 14.9 Å². The van der Waals surface area contributed by atoms with Crippen LogP contribution in [0.2, 0.25) is 0 Å². The first-order valence-corrected chi connectivity index (χ1v) is 10.9. The van der Waals surface area contributed by atoms with Crippen molar-refractivity contribution in [1.29, 1.82) is 5.26 Å². The number of allylic oxidation sites excluding steroid dienone is 2. The zero-order valence-electron chi connectivity index (χ0n) is 17.5. The molecule has 2 aliphatic carbocycles. The Morgan fingerprint density at radius 2 is 2.03 bits per heavy atom. The largest absolute Gasteiger partial charge is 0.481 e. The fourth-order valence-electron chi connectivity index (χ4n) is 4.83. The topological polar surface area (TPSA) is 70.3 Å². The van der Waals surface area contributed by atoms with Gasteiger partial charge in [-0.2, -0.15) is 5.26 Å². The molecule has 1 fully saturated rings. The van der Waals surface area contributed by atoms with Crippen LogP contribution >= 0.6 is 0 Å². The first-order chi connectivity index (χ1) is 14.5. The minimum absolute atomic E-state index is 0.0267. The highest BCUT2D eigenvalue weighted by Crippen LogP contribution is 2.51. The number of benzene rings is 1. The van der Waals surface area contributed by atoms with Crippen LogP contribution in [0.5, 0.6) is 0 Å². The number of nitriles is 1. The van der Waals surface area contributed by atoms with Crippen molar-refractivity contribution >= 4 is 5.97 Å². The molecule has 4 nitrogen and oxygen atoms in total. The number of halogens is 1. The molecular formula is C25H30FNO3. The van der Waals surface area contributed by atoms with E-state index in [1.165, 1.54) is 6.08 Å². The molecule has 0 amide bonds. The molecule has 3 rings (SSSR count). The molecule has 0 radical (unpaired) electrons. The van der Waals surface area contributed by atoms with Crippen molar-refractivity contribution in [3.05, 3.63) is 59.4 Å². The number of hydrogen-bond donors (Lipinski definition) is 1. The molecule has 1 saturated carbocycles. The highest BCUT2D eigenvalue weighted by atomic mass is 19.1. The Morgan fingerprint density at radius 1 is 1.30 bits per heavy atom. The number of ether oxygens (including phenoxy) is 1. The summed E-state index contributed by atoms with van der Waals surface area (Å²) in [6.07, 6.45) is 10.2. The van der Waals surface area contributed by atoms with Crippen LogP contribution in [0.1, 0.15) is 56.6 Å². The predicted octanol–water partition coefficient (Wildman–Crippen LogP) is 5.54. The normalized spacial score (nSPS) is 28.6. The van der Waals surface area contributed by atoms with Gasteiger partial charge in [0.05, 0.1) is 23.0 Å². The first kappa shape index (κ1) is 22.2. The van der Waals surface area contributed by atoms with Crippen molar-refractivity contribution < 1.29 is 19.0 Å². The lowest BCUT2D eigenvalue weighted by atomic mass is 9.60. The SMILES string of the molecule is CCCCOCC1CCC(C2(c3ccccc3C#N)C=CC(C(=O)O)C=C2F)CC1. The predicted molar refractivity (Wildman–Crippen MR) is 113 cm³/mol. The van der Waals surface area contributed by atoms with Gasteiger partial charge in [-0.3, -0.25) is 4.79 Å². The summed E-state index contributed by atoms with van der Waals surface area (Å²) in [5.41, 5.74) is -0.0137. The van der Waals surface area contributed by atoms with Crippen molar-refractivity contribution in [2.75, 3.05) is 13.2 Å². The molecule has 2 aliphatic rings. The standard InChI is InChI=1S/C25H30FNO3/c1-2-3-14-30-17-18-8-10-21(11-9-18)25(22-7-5-4-6-20(22)16-27)13-12-19(24(28)29)15-23(25)26/h4-7,12-13,15,18-19,21H,2-3,8-11,14,17H2,1H3,(H,28,29). The van der Waals surface area contributed by atoms with Gasteiger partial charge in [0.1, 0.15) is 5.83 Å². The second-order valence-electron chi connectivity index (χ2n) is 8.41. The van der Waals surface area contributed by atoms with E-state index in [0.29, 0.717) is 17.0 Å². The van der Waals surface area contributed by atoms with Gasteiger partial charge in [0.25, 0.3) is 0 Å². The summed E-state index contributed by atoms with van der Waals surface area (Å²) in [5.74, 6) is -2.07. The minimum atomic E-state index is -1.08. The first-order valence-electron chi connectivity index (χ1n) is 10.9. The third-order valence-corrected chi connectivity index (χ3v) is 6.55. The average molecular weight is 412 g/mol. The molecule has 0 spiro atoms. The van der Waals surface area contributed by atoms with Gasteiger partial charge in [0.2, 0.25) is 0 Å². The molecule has 30 heavy (non-hydrogen) atoms. The maximum atomic E-state index is 15.7. The Bertz CT molecular complexity index is 848. The molecule has 2 unspecified atom stereocenters. The number of carboxylic acids is 1. The molecule has 2 atom stereocenters. The number of hydrogen-bond acceptors (Lipinski definition) is 3. The number of carboxylic acid groups (broad SMARTS) is 1. The summed E-state index contributed by atoms with van der Waals surface area (Å²) in [6.45, 7) is 3.66. The van der Waals surface area contributed by atoms with Crippen LogP contribution in [0.3, 0.4) is 0 Å². The summed E-state index contributed by atoms with van der Waals surface area (Å²) in [4.78, 5) is 11.4. The zero-order chi connectivity index (χ0) is 21.6. The van der Waals surface area contributed by atoms with Crippen LogP contribution in [0.4, 0.5) is 4.39 Å².